The highest BCUT2D eigenvalue weighted by molar-refractivity contribution is 7.19. The third kappa shape index (κ3) is 3.89. The Bertz CT molecular complexity index is 1120. The van der Waals surface area contributed by atoms with E-state index in [9.17, 15) is 9.50 Å². The summed E-state index contributed by atoms with van der Waals surface area (Å²) >= 11 is 1.33. The van der Waals surface area contributed by atoms with Gasteiger partial charge in [-0.2, -0.15) is 0 Å². The molecule has 1 atom stereocenters. The van der Waals surface area contributed by atoms with Crippen molar-refractivity contribution in [3.05, 3.63) is 65.9 Å². The lowest BCUT2D eigenvalue weighted by Gasteiger charge is -2.14. The minimum atomic E-state index is -1.20. The number of aliphatic hydroxyl groups is 1. The lowest BCUT2D eigenvalue weighted by molar-refractivity contribution is -0.0869. The van der Waals surface area contributed by atoms with Crippen LogP contribution in [0.5, 0.6) is 0 Å². The van der Waals surface area contributed by atoms with Crippen molar-refractivity contribution in [1.82, 2.24) is 14.5 Å². The van der Waals surface area contributed by atoms with Gasteiger partial charge in [0.25, 0.3) is 0 Å². The number of imidazole rings is 1. The molecule has 0 bridgehead atoms. The number of rotatable bonds is 6. The van der Waals surface area contributed by atoms with Crippen molar-refractivity contribution in [1.29, 1.82) is 0 Å². The first kappa shape index (κ1) is 18.5. The molecular formula is C20H19FN4O2S. The minimum absolute atomic E-state index is 0.231. The molecule has 0 radical (unpaired) electrons. The van der Waals surface area contributed by atoms with Gasteiger partial charge in [0.15, 0.2) is 0 Å². The van der Waals surface area contributed by atoms with Crippen LogP contribution in [0, 0.1) is 12.7 Å². The number of aromatic nitrogens is 3. The highest BCUT2D eigenvalue weighted by Gasteiger charge is 2.13. The van der Waals surface area contributed by atoms with Crippen molar-refractivity contribution in [2.45, 2.75) is 19.9 Å². The fourth-order valence-electron chi connectivity index (χ4n) is 2.88. The Morgan fingerprint density at radius 1 is 1.29 bits per heavy atom. The van der Waals surface area contributed by atoms with Gasteiger partial charge in [-0.1, -0.05) is 29.5 Å². The number of aryl methyl sites for hydroxylation is 2. The number of aliphatic hydroxyl groups excluding tert-OH is 1. The molecule has 1 unspecified atom stereocenters. The number of benzene rings is 2. The van der Waals surface area contributed by atoms with Crippen molar-refractivity contribution >= 4 is 27.4 Å². The van der Waals surface area contributed by atoms with Crippen molar-refractivity contribution < 1.29 is 14.2 Å². The van der Waals surface area contributed by atoms with Gasteiger partial charge in [-0.3, -0.25) is 0 Å². The van der Waals surface area contributed by atoms with E-state index in [0.29, 0.717) is 21.3 Å². The van der Waals surface area contributed by atoms with E-state index in [0.717, 1.165) is 16.6 Å². The fraction of sp³-hybridized carbons (Fsp3) is 0.200. The standard InChI is InChI=1S/C20H19FN4O2S/c1-12-18(28-19(23-12)14-4-3-5-15(21)9-14)24-20(26)27-10-13-6-7-17-16(8-13)22-11-25(17)2/h3-9,11,20,24,26H,10H2,1-2H3. The molecule has 4 rings (SSSR count). The van der Waals surface area contributed by atoms with E-state index in [1.165, 1.54) is 23.5 Å². The molecule has 6 nitrogen and oxygen atoms in total. The molecule has 2 N–H and O–H groups in total. The molecular weight excluding hydrogens is 379 g/mol. The normalized spacial score (nSPS) is 12.4. The zero-order chi connectivity index (χ0) is 19.7. The number of ether oxygens (including phenoxy) is 1. The predicted octanol–water partition coefficient (Wildman–Crippen LogP) is 4.05. The molecule has 0 amide bonds. The molecule has 28 heavy (non-hydrogen) atoms. The Balaban J connectivity index is 1.41. The third-order valence-corrected chi connectivity index (χ3v) is 5.46. The molecule has 2 heterocycles. The van der Waals surface area contributed by atoms with E-state index >= 15 is 0 Å². The molecule has 2 aromatic heterocycles. The largest absolute Gasteiger partial charge is 0.351 e. The van der Waals surface area contributed by atoms with Crippen LogP contribution in [0.4, 0.5) is 9.39 Å². The first-order valence-electron chi connectivity index (χ1n) is 8.69. The summed E-state index contributed by atoms with van der Waals surface area (Å²) in [5.41, 5.74) is 4.23. The van der Waals surface area contributed by atoms with E-state index < -0.39 is 6.41 Å². The number of hydrogen-bond donors (Lipinski definition) is 2. The van der Waals surface area contributed by atoms with Crippen LogP contribution in [0.15, 0.2) is 48.8 Å². The Kier molecular flexibility index (Phi) is 5.08. The van der Waals surface area contributed by atoms with Crippen LogP contribution in [0.3, 0.4) is 0 Å². The van der Waals surface area contributed by atoms with Crippen molar-refractivity contribution in [3.63, 3.8) is 0 Å². The quantitative estimate of drug-likeness (QED) is 0.480. The average Bonchev–Trinajstić information content (AvgIpc) is 3.23. The summed E-state index contributed by atoms with van der Waals surface area (Å²) in [7, 11) is 1.94. The average molecular weight is 398 g/mol. The van der Waals surface area contributed by atoms with Gasteiger partial charge in [-0.05, 0) is 36.8 Å². The van der Waals surface area contributed by atoms with Crippen molar-refractivity contribution in [2.24, 2.45) is 7.05 Å². The summed E-state index contributed by atoms with van der Waals surface area (Å²) in [6, 6.07) is 12.1. The monoisotopic (exact) mass is 398 g/mol. The van der Waals surface area contributed by atoms with Gasteiger partial charge in [0.1, 0.15) is 15.8 Å². The zero-order valence-corrected chi connectivity index (χ0v) is 16.2. The Morgan fingerprint density at radius 2 is 2.14 bits per heavy atom. The second-order valence-corrected chi connectivity index (χ2v) is 7.43. The molecule has 0 aliphatic rings. The fourth-order valence-corrected chi connectivity index (χ4v) is 3.85. The summed E-state index contributed by atoms with van der Waals surface area (Å²) in [5.74, 6) is -0.312. The maximum Gasteiger partial charge on any atom is 0.236 e. The molecule has 0 fully saturated rings. The molecule has 0 aliphatic heterocycles. The molecule has 0 spiro atoms. The maximum atomic E-state index is 13.4. The highest BCUT2D eigenvalue weighted by atomic mass is 32.1. The van der Waals surface area contributed by atoms with Crippen molar-refractivity contribution in [2.75, 3.05) is 5.32 Å². The number of hydrogen-bond acceptors (Lipinski definition) is 6. The minimum Gasteiger partial charge on any atom is -0.351 e. The summed E-state index contributed by atoms with van der Waals surface area (Å²) in [6.45, 7) is 2.05. The van der Waals surface area contributed by atoms with Gasteiger partial charge >= 0.3 is 0 Å². The van der Waals surface area contributed by atoms with Gasteiger partial charge in [0, 0.05) is 12.6 Å². The van der Waals surface area contributed by atoms with E-state index in [4.69, 9.17) is 4.74 Å². The van der Waals surface area contributed by atoms with Gasteiger partial charge in [0.05, 0.1) is 29.7 Å². The summed E-state index contributed by atoms with van der Waals surface area (Å²) in [5, 5.41) is 14.4. The van der Waals surface area contributed by atoms with Crippen LogP contribution < -0.4 is 5.32 Å². The Morgan fingerprint density at radius 3 is 2.96 bits per heavy atom. The van der Waals surface area contributed by atoms with Gasteiger partial charge < -0.3 is 19.7 Å². The summed E-state index contributed by atoms with van der Waals surface area (Å²) < 4.78 is 20.9. The van der Waals surface area contributed by atoms with E-state index in [-0.39, 0.29) is 12.4 Å². The number of thiazole rings is 1. The van der Waals surface area contributed by atoms with Crippen LogP contribution in [0.2, 0.25) is 0 Å². The third-order valence-electron chi connectivity index (χ3n) is 4.32. The van der Waals surface area contributed by atoms with E-state index in [1.54, 1.807) is 18.5 Å². The van der Waals surface area contributed by atoms with Gasteiger partial charge in [-0.25, -0.2) is 14.4 Å². The van der Waals surface area contributed by atoms with Gasteiger partial charge in [0.2, 0.25) is 6.41 Å². The Labute approximate surface area is 165 Å². The lowest BCUT2D eigenvalue weighted by Crippen LogP contribution is -2.22. The molecule has 0 aliphatic carbocycles. The number of nitrogens with one attached hydrogen (secondary N) is 1. The number of fused-ring (bicyclic) bond motifs is 1. The maximum absolute atomic E-state index is 13.4. The second kappa shape index (κ2) is 7.67. The number of anilines is 1. The van der Waals surface area contributed by atoms with Crippen LogP contribution in [0.1, 0.15) is 11.3 Å². The van der Waals surface area contributed by atoms with E-state index in [1.807, 2.05) is 36.7 Å². The SMILES string of the molecule is Cc1nc(-c2cccc(F)c2)sc1NC(O)OCc1ccc2c(c1)ncn2C. The van der Waals surface area contributed by atoms with Crippen LogP contribution >= 0.6 is 11.3 Å². The molecule has 0 saturated carbocycles. The van der Waals surface area contributed by atoms with Crippen LogP contribution in [-0.4, -0.2) is 26.1 Å². The number of halogens is 1. The first-order chi connectivity index (χ1) is 13.5. The molecule has 144 valence electrons. The van der Waals surface area contributed by atoms with Crippen LogP contribution in [-0.2, 0) is 18.4 Å². The molecule has 2 aromatic carbocycles. The van der Waals surface area contributed by atoms with Gasteiger partial charge in [-0.15, -0.1) is 0 Å². The molecule has 8 heteroatoms. The zero-order valence-electron chi connectivity index (χ0n) is 15.4. The molecule has 0 saturated heterocycles. The van der Waals surface area contributed by atoms with Crippen LogP contribution in [0.25, 0.3) is 21.6 Å². The lowest BCUT2D eigenvalue weighted by atomic mass is 10.2. The second-order valence-electron chi connectivity index (χ2n) is 6.43. The van der Waals surface area contributed by atoms with Crippen molar-refractivity contribution in [3.8, 4) is 10.6 Å². The summed E-state index contributed by atoms with van der Waals surface area (Å²) in [6.07, 6.45) is 0.563. The predicted molar refractivity (Wildman–Crippen MR) is 107 cm³/mol. The molecule has 4 aromatic rings. The topological polar surface area (TPSA) is 72.2 Å². The summed E-state index contributed by atoms with van der Waals surface area (Å²) in [4.78, 5) is 8.76. The van der Waals surface area contributed by atoms with E-state index in [2.05, 4.69) is 15.3 Å². The highest BCUT2D eigenvalue weighted by Crippen LogP contribution is 2.32. The smallest absolute Gasteiger partial charge is 0.236 e. The number of nitrogens with zero attached hydrogens (tertiary/aromatic N) is 3. The Hall–Kier alpha value is -2.81. The first-order valence-corrected chi connectivity index (χ1v) is 9.51.